The van der Waals surface area contributed by atoms with Crippen LogP contribution in [0.4, 0.5) is 0 Å². The Bertz CT molecular complexity index is 346. The van der Waals surface area contributed by atoms with Gasteiger partial charge in [0.05, 0.1) is 5.69 Å². The van der Waals surface area contributed by atoms with Crippen molar-refractivity contribution >= 4 is 30.0 Å². The molecule has 15 heavy (non-hydrogen) atoms. The molecule has 0 aliphatic rings. The molecule has 0 aliphatic carbocycles. The summed E-state index contributed by atoms with van der Waals surface area (Å²) in [5, 5.41) is 11.5. The molecule has 0 saturated carbocycles. The maximum Gasteiger partial charge on any atom is 0.213 e. The molecule has 3 N–H and O–H groups in total. The smallest absolute Gasteiger partial charge is 0.213 e. The van der Waals surface area contributed by atoms with Crippen LogP contribution in [0, 0.1) is 19.3 Å². The molecule has 0 aliphatic heterocycles. The summed E-state index contributed by atoms with van der Waals surface area (Å²) >= 11 is 5.63. The van der Waals surface area contributed by atoms with Crippen molar-refractivity contribution in [1.82, 2.24) is 9.78 Å². The van der Waals surface area contributed by atoms with Gasteiger partial charge in [-0.25, -0.2) is 4.68 Å². The van der Waals surface area contributed by atoms with Gasteiger partial charge in [0.25, 0.3) is 0 Å². The van der Waals surface area contributed by atoms with Crippen LogP contribution in [0.3, 0.4) is 0 Å². The van der Waals surface area contributed by atoms with Gasteiger partial charge in [0.15, 0.2) is 0 Å². The molecular weight excluding hydrogens is 235 g/mol. The molecule has 1 rings (SSSR count). The first-order chi connectivity index (χ1) is 6.57. The average molecular weight is 251 g/mol. The minimum atomic E-state index is -0.0391. The SMILES string of the molecule is Cc1nn(C(=N)N)c(C)c1CCCCl.Cl. The maximum atomic E-state index is 7.32. The van der Waals surface area contributed by atoms with Gasteiger partial charge in [-0.05, 0) is 32.3 Å². The lowest BCUT2D eigenvalue weighted by atomic mass is 10.1. The van der Waals surface area contributed by atoms with Crippen molar-refractivity contribution < 1.29 is 0 Å². The Morgan fingerprint density at radius 1 is 1.53 bits per heavy atom. The molecule has 0 saturated heterocycles. The second-order valence-electron chi connectivity index (χ2n) is 3.24. The molecule has 1 heterocycles. The summed E-state index contributed by atoms with van der Waals surface area (Å²) in [6.07, 6.45) is 1.82. The standard InChI is InChI=1S/C9H15ClN4.ClH/c1-6-8(4-3-5-10)7(2)14(13-6)9(11)12;/h3-5H2,1-2H3,(H3,11,12);1H. The van der Waals surface area contributed by atoms with Gasteiger partial charge in [-0.1, -0.05) is 0 Å². The van der Waals surface area contributed by atoms with Crippen molar-refractivity contribution in [3.8, 4) is 0 Å². The van der Waals surface area contributed by atoms with Crippen LogP contribution in [-0.4, -0.2) is 21.6 Å². The Hall–Kier alpha value is -0.740. The fourth-order valence-corrected chi connectivity index (χ4v) is 1.65. The van der Waals surface area contributed by atoms with Crippen molar-refractivity contribution in [2.24, 2.45) is 5.73 Å². The van der Waals surface area contributed by atoms with E-state index >= 15 is 0 Å². The van der Waals surface area contributed by atoms with Crippen LogP contribution in [0.25, 0.3) is 0 Å². The normalized spacial score (nSPS) is 9.80. The predicted molar refractivity (Wildman–Crippen MR) is 65.3 cm³/mol. The molecule has 6 heteroatoms. The first kappa shape index (κ1) is 14.3. The Balaban J connectivity index is 0.00000196. The second-order valence-corrected chi connectivity index (χ2v) is 3.62. The van der Waals surface area contributed by atoms with E-state index in [4.69, 9.17) is 22.7 Å². The number of hydrogen-bond donors (Lipinski definition) is 2. The molecule has 86 valence electrons. The number of halogens is 2. The average Bonchev–Trinajstić information content (AvgIpc) is 2.40. The highest BCUT2D eigenvalue weighted by Crippen LogP contribution is 2.14. The number of rotatable bonds is 3. The molecule has 0 amide bonds. The Labute approximate surface area is 101 Å². The molecule has 0 radical (unpaired) electrons. The summed E-state index contributed by atoms with van der Waals surface area (Å²) in [6, 6.07) is 0. The van der Waals surface area contributed by atoms with E-state index in [0.29, 0.717) is 5.88 Å². The highest BCUT2D eigenvalue weighted by atomic mass is 35.5. The third kappa shape index (κ3) is 3.11. The van der Waals surface area contributed by atoms with Crippen molar-refractivity contribution in [2.45, 2.75) is 26.7 Å². The Kier molecular flexibility index (Phi) is 5.68. The molecule has 0 spiro atoms. The summed E-state index contributed by atoms with van der Waals surface area (Å²) in [7, 11) is 0. The maximum absolute atomic E-state index is 7.32. The van der Waals surface area contributed by atoms with E-state index in [0.717, 1.165) is 29.8 Å². The van der Waals surface area contributed by atoms with E-state index in [1.807, 2.05) is 13.8 Å². The summed E-state index contributed by atoms with van der Waals surface area (Å²) in [5.41, 5.74) is 8.41. The quantitative estimate of drug-likeness (QED) is 0.489. The van der Waals surface area contributed by atoms with Gasteiger partial charge in [-0.15, -0.1) is 24.0 Å². The number of aryl methyl sites for hydroxylation is 1. The van der Waals surface area contributed by atoms with Crippen LogP contribution in [0.1, 0.15) is 23.4 Å². The molecule has 0 fully saturated rings. The fraction of sp³-hybridized carbons (Fsp3) is 0.556. The van der Waals surface area contributed by atoms with Crippen molar-refractivity contribution in [2.75, 3.05) is 5.88 Å². The second kappa shape index (κ2) is 5.98. The minimum absolute atomic E-state index is 0. The van der Waals surface area contributed by atoms with Gasteiger partial charge in [0.1, 0.15) is 0 Å². The van der Waals surface area contributed by atoms with Gasteiger partial charge in [-0.3, -0.25) is 5.41 Å². The summed E-state index contributed by atoms with van der Waals surface area (Å²) in [5.74, 6) is 0.604. The van der Waals surface area contributed by atoms with Crippen molar-refractivity contribution in [1.29, 1.82) is 5.41 Å². The van der Waals surface area contributed by atoms with Gasteiger partial charge in [0, 0.05) is 11.6 Å². The third-order valence-corrected chi connectivity index (χ3v) is 2.50. The lowest BCUT2D eigenvalue weighted by molar-refractivity contribution is 0.860. The highest BCUT2D eigenvalue weighted by molar-refractivity contribution is 6.17. The van der Waals surface area contributed by atoms with Crippen molar-refractivity contribution in [3.63, 3.8) is 0 Å². The molecule has 0 aromatic carbocycles. The van der Waals surface area contributed by atoms with E-state index in [1.165, 1.54) is 4.68 Å². The van der Waals surface area contributed by atoms with E-state index in [2.05, 4.69) is 5.10 Å². The largest absolute Gasteiger partial charge is 0.368 e. The highest BCUT2D eigenvalue weighted by Gasteiger charge is 2.11. The molecule has 0 atom stereocenters. The zero-order chi connectivity index (χ0) is 10.7. The number of nitrogens with zero attached hydrogens (tertiary/aromatic N) is 2. The van der Waals surface area contributed by atoms with Gasteiger partial charge < -0.3 is 5.73 Å². The number of nitrogen functional groups attached to an aromatic ring is 1. The lowest BCUT2D eigenvalue weighted by Gasteiger charge is -2.01. The zero-order valence-corrected chi connectivity index (χ0v) is 10.5. The first-order valence-corrected chi connectivity index (χ1v) is 5.06. The van der Waals surface area contributed by atoms with Crippen LogP contribution < -0.4 is 5.73 Å². The number of hydrogen-bond acceptors (Lipinski definition) is 2. The monoisotopic (exact) mass is 250 g/mol. The molecule has 1 aromatic rings. The van der Waals surface area contributed by atoms with E-state index < -0.39 is 0 Å². The number of alkyl halides is 1. The van der Waals surface area contributed by atoms with Gasteiger partial charge in [0.2, 0.25) is 5.96 Å². The Morgan fingerprint density at radius 3 is 2.53 bits per heavy atom. The van der Waals surface area contributed by atoms with Crippen LogP contribution in [0.5, 0.6) is 0 Å². The molecule has 1 aromatic heterocycles. The first-order valence-electron chi connectivity index (χ1n) is 4.53. The van der Waals surface area contributed by atoms with Gasteiger partial charge >= 0.3 is 0 Å². The lowest BCUT2D eigenvalue weighted by Crippen LogP contribution is -2.23. The summed E-state index contributed by atoms with van der Waals surface area (Å²) < 4.78 is 1.46. The topological polar surface area (TPSA) is 67.7 Å². The Morgan fingerprint density at radius 2 is 2.13 bits per heavy atom. The van der Waals surface area contributed by atoms with Crippen LogP contribution >= 0.6 is 24.0 Å². The molecule has 0 unspecified atom stereocenters. The summed E-state index contributed by atoms with van der Waals surface area (Å²) in [4.78, 5) is 0. The molecule has 4 nitrogen and oxygen atoms in total. The predicted octanol–water partition coefficient (Wildman–Crippen LogP) is 1.83. The minimum Gasteiger partial charge on any atom is -0.368 e. The zero-order valence-electron chi connectivity index (χ0n) is 8.88. The molecule has 0 bridgehead atoms. The van der Waals surface area contributed by atoms with Crippen molar-refractivity contribution in [3.05, 3.63) is 17.0 Å². The molecular formula is C9H16Cl2N4. The summed E-state index contributed by atoms with van der Waals surface area (Å²) in [6.45, 7) is 3.85. The fourth-order valence-electron chi connectivity index (χ4n) is 1.51. The van der Waals surface area contributed by atoms with E-state index in [-0.39, 0.29) is 18.4 Å². The number of nitrogens with two attached hydrogens (primary N) is 1. The number of aromatic nitrogens is 2. The third-order valence-electron chi connectivity index (χ3n) is 2.23. The van der Waals surface area contributed by atoms with E-state index in [1.54, 1.807) is 0 Å². The van der Waals surface area contributed by atoms with Crippen LogP contribution in [-0.2, 0) is 6.42 Å². The van der Waals surface area contributed by atoms with Gasteiger partial charge in [-0.2, -0.15) is 5.10 Å². The van der Waals surface area contributed by atoms with Crippen LogP contribution in [0.2, 0.25) is 0 Å². The van der Waals surface area contributed by atoms with E-state index in [9.17, 15) is 0 Å². The van der Waals surface area contributed by atoms with Crippen LogP contribution in [0.15, 0.2) is 0 Å². The number of nitrogens with one attached hydrogen (secondary N) is 1.